The number of carbonyl (C=O) groups is 1. The van der Waals surface area contributed by atoms with Crippen LogP contribution in [0.1, 0.15) is 32.8 Å². The van der Waals surface area contributed by atoms with Crippen LogP contribution in [-0.2, 0) is 4.79 Å². The van der Waals surface area contributed by atoms with E-state index in [0.29, 0.717) is 5.92 Å². The van der Waals surface area contributed by atoms with Crippen molar-refractivity contribution in [3.63, 3.8) is 0 Å². The molecule has 1 aromatic carbocycles. The van der Waals surface area contributed by atoms with Gasteiger partial charge in [-0.2, -0.15) is 0 Å². The summed E-state index contributed by atoms with van der Waals surface area (Å²) in [5.74, 6) is -0.473. The second kappa shape index (κ2) is 7.75. The average molecular weight is 350 g/mol. The standard InChI is InChI=1S/C22H26N2O2/c1-15-8-7-9-16(2)19(12-17(15)3)20-13-21(18-10-5-4-6-11-18)24(23-20)14-22(25)26/h4-8,10-13,16,20,23H,9,14H2,1-3H3,(H,25,26). The first-order chi connectivity index (χ1) is 12.5. The first kappa shape index (κ1) is 18.2. The second-order valence-corrected chi connectivity index (χ2v) is 7.05. The molecule has 0 saturated carbocycles. The first-order valence-corrected chi connectivity index (χ1v) is 9.04. The molecule has 2 N–H and O–H groups in total. The highest BCUT2D eigenvalue weighted by Crippen LogP contribution is 2.31. The number of benzene rings is 1. The molecule has 2 atom stereocenters. The fourth-order valence-electron chi connectivity index (χ4n) is 3.44. The predicted octanol–water partition coefficient (Wildman–Crippen LogP) is 4.16. The summed E-state index contributed by atoms with van der Waals surface area (Å²) >= 11 is 0. The van der Waals surface area contributed by atoms with Gasteiger partial charge in [-0.3, -0.25) is 9.80 Å². The van der Waals surface area contributed by atoms with Gasteiger partial charge in [0.15, 0.2) is 0 Å². The number of allylic oxidation sites excluding steroid dienone is 5. The van der Waals surface area contributed by atoms with Crippen molar-refractivity contribution < 1.29 is 9.90 Å². The SMILES string of the molecule is CC1=C(C)C=C(C2C=C(c3ccccc3)N(CC(=O)O)N2)C(C)CC=C1. The van der Waals surface area contributed by atoms with E-state index in [2.05, 4.69) is 50.5 Å². The lowest BCUT2D eigenvalue weighted by Gasteiger charge is -2.26. The van der Waals surface area contributed by atoms with Crippen LogP contribution >= 0.6 is 0 Å². The Morgan fingerprint density at radius 2 is 1.96 bits per heavy atom. The van der Waals surface area contributed by atoms with Gasteiger partial charge in [-0.1, -0.05) is 55.5 Å². The highest BCUT2D eigenvalue weighted by atomic mass is 16.4. The van der Waals surface area contributed by atoms with Gasteiger partial charge in [0.1, 0.15) is 6.54 Å². The lowest BCUT2D eigenvalue weighted by Crippen LogP contribution is -2.41. The minimum Gasteiger partial charge on any atom is -0.480 e. The Hall–Kier alpha value is -2.59. The molecule has 1 heterocycles. The van der Waals surface area contributed by atoms with Gasteiger partial charge < -0.3 is 5.11 Å². The lowest BCUT2D eigenvalue weighted by atomic mass is 9.87. The zero-order chi connectivity index (χ0) is 18.7. The van der Waals surface area contributed by atoms with Gasteiger partial charge in [0, 0.05) is 0 Å². The van der Waals surface area contributed by atoms with Gasteiger partial charge in [-0.25, -0.2) is 5.43 Å². The van der Waals surface area contributed by atoms with Crippen molar-refractivity contribution in [2.24, 2.45) is 5.92 Å². The molecule has 1 aliphatic heterocycles. The second-order valence-electron chi connectivity index (χ2n) is 7.05. The summed E-state index contributed by atoms with van der Waals surface area (Å²) in [6.45, 7) is 6.40. The molecular formula is C22H26N2O2. The topological polar surface area (TPSA) is 52.6 Å². The van der Waals surface area contributed by atoms with Crippen LogP contribution in [0.5, 0.6) is 0 Å². The van der Waals surface area contributed by atoms with Crippen molar-refractivity contribution >= 4 is 11.7 Å². The lowest BCUT2D eigenvalue weighted by molar-refractivity contribution is -0.138. The van der Waals surface area contributed by atoms with Gasteiger partial charge >= 0.3 is 5.97 Å². The molecule has 2 aliphatic rings. The van der Waals surface area contributed by atoms with Crippen LogP contribution < -0.4 is 5.43 Å². The van der Waals surface area contributed by atoms with E-state index in [4.69, 9.17) is 0 Å². The summed E-state index contributed by atoms with van der Waals surface area (Å²) in [5.41, 5.74) is 9.13. The van der Waals surface area contributed by atoms with Crippen molar-refractivity contribution in [1.29, 1.82) is 0 Å². The molecule has 0 bridgehead atoms. The van der Waals surface area contributed by atoms with Gasteiger partial charge in [0.25, 0.3) is 0 Å². The van der Waals surface area contributed by atoms with Gasteiger partial charge in [0.2, 0.25) is 0 Å². The van der Waals surface area contributed by atoms with Gasteiger partial charge in [-0.05, 0) is 54.5 Å². The van der Waals surface area contributed by atoms with E-state index in [1.165, 1.54) is 16.7 Å². The van der Waals surface area contributed by atoms with Crippen LogP contribution in [0.3, 0.4) is 0 Å². The van der Waals surface area contributed by atoms with Crippen LogP contribution in [0.2, 0.25) is 0 Å². The average Bonchev–Trinajstić information content (AvgIpc) is 3.01. The summed E-state index contributed by atoms with van der Waals surface area (Å²) in [4.78, 5) is 11.3. The number of hydrogen-bond donors (Lipinski definition) is 2. The van der Waals surface area contributed by atoms with Crippen molar-refractivity contribution in [3.8, 4) is 0 Å². The predicted molar refractivity (Wildman–Crippen MR) is 105 cm³/mol. The van der Waals surface area contributed by atoms with Gasteiger partial charge in [0.05, 0.1) is 11.7 Å². The Balaban J connectivity index is 1.98. The maximum atomic E-state index is 11.3. The van der Waals surface area contributed by atoms with Crippen molar-refractivity contribution in [3.05, 3.63) is 76.9 Å². The molecule has 1 aliphatic carbocycles. The van der Waals surface area contributed by atoms with Crippen molar-refractivity contribution in [1.82, 2.24) is 10.4 Å². The number of carboxylic acid groups (broad SMARTS) is 1. The number of hydrogen-bond acceptors (Lipinski definition) is 3. The number of aliphatic carboxylic acids is 1. The molecule has 0 radical (unpaired) electrons. The molecule has 0 saturated heterocycles. The molecular weight excluding hydrogens is 324 g/mol. The summed E-state index contributed by atoms with van der Waals surface area (Å²) in [6.07, 6.45) is 9.78. The third-order valence-electron chi connectivity index (χ3n) is 5.06. The fourth-order valence-corrected chi connectivity index (χ4v) is 3.44. The molecule has 4 heteroatoms. The number of nitrogens with one attached hydrogen (secondary N) is 1. The molecule has 0 spiro atoms. The fraction of sp³-hybridized carbons (Fsp3) is 0.318. The molecule has 1 aromatic rings. The summed E-state index contributed by atoms with van der Waals surface area (Å²) in [6, 6.07) is 9.93. The van der Waals surface area contributed by atoms with Crippen molar-refractivity contribution in [2.45, 2.75) is 33.2 Å². The zero-order valence-corrected chi connectivity index (χ0v) is 15.6. The summed E-state index contributed by atoms with van der Waals surface area (Å²) in [5, 5.41) is 11.1. The van der Waals surface area contributed by atoms with E-state index in [1.807, 2.05) is 30.3 Å². The normalized spacial score (nSPS) is 23.4. The molecule has 3 rings (SSSR count). The minimum absolute atomic E-state index is 0.00574. The van der Waals surface area contributed by atoms with E-state index in [0.717, 1.165) is 17.7 Å². The highest BCUT2D eigenvalue weighted by Gasteiger charge is 2.29. The minimum atomic E-state index is -0.852. The van der Waals surface area contributed by atoms with E-state index in [-0.39, 0.29) is 12.6 Å². The molecule has 0 fully saturated rings. The van der Waals surface area contributed by atoms with E-state index >= 15 is 0 Å². The molecule has 26 heavy (non-hydrogen) atoms. The summed E-state index contributed by atoms with van der Waals surface area (Å²) in [7, 11) is 0. The van der Waals surface area contributed by atoms with E-state index in [1.54, 1.807) is 5.01 Å². The Labute approximate surface area is 155 Å². The van der Waals surface area contributed by atoms with Crippen LogP contribution in [0.15, 0.2) is 71.4 Å². The van der Waals surface area contributed by atoms with Gasteiger partial charge in [-0.15, -0.1) is 0 Å². The first-order valence-electron chi connectivity index (χ1n) is 9.04. The Kier molecular flexibility index (Phi) is 5.43. The number of hydrazine groups is 1. The molecule has 2 unspecified atom stereocenters. The van der Waals surface area contributed by atoms with Crippen LogP contribution in [0, 0.1) is 5.92 Å². The third-order valence-corrected chi connectivity index (χ3v) is 5.06. The van der Waals surface area contributed by atoms with Crippen molar-refractivity contribution in [2.75, 3.05) is 6.54 Å². The summed E-state index contributed by atoms with van der Waals surface area (Å²) < 4.78 is 0. The maximum absolute atomic E-state index is 11.3. The molecule has 0 amide bonds. The zero-order valence-electron chi connectivity index (χ0n) is 15.6. The Morgan fingerprint density at radius 3 is 2.65 bits per heavy atom. The van der Waals surface area contributed by atoms with Crippen LogP contribution in [0.25, 0.3) is 5.70 Å². The largest absolute Gasteiger partial charge is 0.480 e. The third kappa shape index (κ3) is 3.97. The number of nitrogens with zero attached hydrogens (tertiary/aromatic N) is 1. The molecule has 0 aromatic heterocycles. The number of carboxylic acids is 1. The Morgan fingerprint density at radius 1 is 1.23 bits per heavy atom. The van der Waals surface area contributed by atoms with E-state index < -0.39 is 5.97 Å². The highest BCUT2D eigenvalue weighted by molar-refractivity contribution is 5.75. The Bertz CT molecular complexity index is 803. The van der Waals surface area contributed by atoms with Crippen LogP contribution in [-0.4, -0.2) is 28.7 Å². The van der Waals surface area contributed by atoms with Crippen LogP contribution in [0.4, 0.5) is 0 Å². The molecule has 136 valence electrons. The number of rotatable bonds is 4. The monoisotopic (exact) mass is 350 g/mol. The maximum Gasteiger partial charge on any atom is 0.324 e. The van der Waals surface area contributed by atoms with E-state index in [9.17, 15) is 9.90 Å². The molecule has 4 nitrogen and oxygen atoms in total. The smallest absolute Gasteiger partial charge is 0.324 e. The quantitative estimate of drug-likeness (QED) is 0.856.